The van der Waals surface area contributed by atoms with Crippen molar-refractivity contribution in [3.8, 4) is 5.75 Å². The zero-order valence-corrected chi connectivity index (χ0v) is 17.2. The Hall–Kier alpha value is -3.59. The smallest absolute Gasteiger partial charge is 0.234 e. The van der Waals surface area contributed by atoms with Crippen molar-refractivity contribution in [1.29, 1.82) is 0 Å². The molecule has 2 aromatic heterocycles. The Morgan fingerprint density at radius 1 is 1.10 bits per heavy atom. The predicted molar refractivity (Wildman–Crippen MR) is 114 cm³/mol. The summed E-state index contributed by atoms with van der Waals surface area (Å²) in [5.41, 5.74) is 0.402. The molecule has 4 rings (SSSR count). The topological polar surface area (TPSA) is 82.2 Å². The number of halogens is 1. The van der Waals surface area contributed by atoms with E-state index in [0.29, 0.717) is 23.2 Å². The molecule has 0 aliphatic heterocycles. The number of para-hydroxylation sites is 1. The van der Waals surface area contributed by atoms with Crippen LogP contribution in [0, 0.1) is 5.82 Å². The van der Waals surface area contributed by atoms with E-state index in [4.69, 9.17) is 9.15 Å². The Morgan fingerprint density at radius 3 is 2.74 bits per heavy atom. The average Bonchev–Trinajstić information content (AvgIpc) is 3.42. The maximum atomic E-state index is 13.3. The van der Waals surface area contributed by atoms with Crippen molar-refractivity contribution in [3.05, 3.63) is 90.4 Å². The van der Waals surface area contributed by atoms with Crippen molar-refractivity contribution in [2.45, 2.75) is 18.3 Å². The van der Waals surface area contributed by atoms with Crippen molar-refractivity contribution in [1.82, 2.24) is 14.8 Å². The third kappa shape index (κ3) is 5.73. The Kier molecular flexibility index (Phi) is 6.63. The first-order valence-corrected chi connectivity index (χ1v) is 10.5. The first-order chi connectivity index (χ1) is 15.2. The number of benzene rings is 2. The van der Waals surface area contributed by atoms with Gasteiger partial charge in [-0.05, 0) is 42.5 Å². The van der Waals surface area contributed by atoms with Crippen LogP contribution in [0.1, 0.15) is 11.6 Å². The van der Waals surface area contributed by atoms with Gasteiger partial charge in [0, 0.05) is 5.69 Å². The zero-order chi connectivity index (χ0) is 21.5. The van der Waals surface area contributed by atoms with Gasteiger partial charge in [0.1, 0.15) is 23.9 Å². The molecule has 0 aliphatic carbocycles. The van der Waals surface area contributed by atoms with Gasteiger partial charge in [0.15, 0.2) is 11.0 Å². The molecule has 7 nitrogen and oxygen atoms in total. The molecular weight excluding hydrogens is 419 g/mol. The number of nitrogens with zero attached hydrogens (tertiary/aromatic N) is 3. The summed E-state index contributed by atoms with van der Waals surface area (Å²) >= 11 is 1.23. The number of carbonyl (C=O) groups is 1. The zero-order valence-electron chi connectivity index (χ0n) is 16.4. The molecule has 2 aromatic carbocycles. The minimum atomic E-state index is -0.410. The van der Waals surface area contributed by atoms with Crippen LogP contribution in [0.4, 0.5) is 10.1 Å². The number of ether oxygens (including phenoxy) is 1. The number of amides is 1. The van der Waals surface area contributed by atoms with E-state index in [9.17, 15) is 9.18 Å². The van der Waals surface area contributed by atoms with Gasteiger partial charge in [0.2, 0.25) is 5.91 Å². The monoisotopic (exact) mass is 438 g/mol. The third-order valence-corrected chi connectivity index (χ3v) is 5.21. The molecular formula is C22H19FN4O3S. The molecule has 1 N–H and O–H groups in total. The molecule has 0 spiro atoms. The SMILES string of the molecule is O=C(CSc1nnc(COc2ccccc2)n1Cc1ccco1)Nc1cccc(F)c1. The summed E-state index contributed by atoms with van der Waals surface area (Å²) in [5.74, 6) is 1.46. The largest absolute Gasteiger partial charge is 0.486 e. The van der Waals surface area contributed by atoms with E-state index >= 15 is 0 Å². The molecule has 0 fully saturated rings. The Morgan fingerprint density at radius 2 is 1.97 bits per heavy atom. The highest BCUT2D eigenvalue weighted by atomic mass is 32.2. The molecule has 0 bridgehead atoms. The number of carbonyl (C=O) groups excluding carboxylic acids is 1. The molecule has 0 atom stereocenters. The fourth-order valence-electron chi connectivity index (χ4n) is 2.81. The predicted octanol–water partition coefficient (Wildman–Crippen LogP) is 4.37. The molecule has 158 valence electrons. The summed E-state index contributed by atoms with van der Waals surface area (Å²) in [7, 11) is 0. The van der Waals surface area contributed by atoms with Crippen molar-refractivity contribution in [3.63, 3.8) is 0 Å². The van der Waals surface area contributed by atoms with Crippen molar-refractivity contribution >= 4 is 23.4 Å². The summed E-state index contributed by atoms with van der Waals surface area (Å²) < 4.78 is 26.4. The molecule has 9 heteroatoms. The fraction of sp³-hybridized carbons (Fsp3) is 0.136. The van der Waals surface area contributed by atoms with Gasteiger partial charge in [-0.2, -0.15) is 0 Å². The first-order valence-electron chi connectivity index (χ1n) is 9.48. The Labute approximate surface area is 182 Å². The highest BCUT2D eigenvalue weighted by molar-refractivity contribution is 7.99. The Balaban J connectivity index is 1.44. The molecule has 2 heterocycles. The number of nitrogens with one attached hydrogen (secondary N) is 1. The van der Waals surface area contributed by atoms with Crippen LogP contribution in [-0.4, -0.2) is 26.4 Å². The van der Waals surface area contributed by atoms with Crippen molar-refractivity contribution in [2.75, 3.05) is 11.1 Å². The van der Waals surface area contributed by atoms with Gasteiger partial charge in [-0.15, -0.1) is 10.2 Å². The van der Waals surface area contributed by atoms with E-state index in [2.05, 4.69) is 15.5 Å². The van der Waals surface area contributed by atoms with Crippen molar-refractivity contribution in [2.24, 2.45) is 0 Å². The first kappa shape index (κ1) is 20.7. The third-order valence-electron chi connectivity index (χ3n) is 4.24. The van der Waals surface area contributed by atoms with Gasteiger partial charge in [-0.3, -0.25) is 9.36 Å². The highest BCUT2D eigenvalue weighted by Crippen LogP contribution is 2.21. The number of hydrogen-bond donors (Lipinski definition) is 1. The lowest BCUT2D eigenvalue weighted by Gasteiger charge is -2.10. The van der Waals surface area contributed by atoms with Gasteiger partial charge < -0.3 is 14.5 Å². The highest BCUT2D eigenvalue weighted by Gasteiger charge is 2.16. The molecule has 0 radical (unpaired) electrons. The van der Waals surface area contributed by atoms with Gasteiger partial charge in [-0.1, -0.05) is 36.0 Å². The number of hydrogen-bond acceptors (Lipinski definition) is 6. The summed E-state index contributed by atoms with van der Waals surface area (Å²) in [6.07, 6.45) is 1.60. The van der Waals surface area contributed by atoms with Gasteiger partial charge in [0.05, 0.1) is 18.6 Å². The van der Waals surface area contributed by atoms with Crippen LogP contribution >= 0.6 is 11.8 Å². The normalized spacial score (nSPS) is 10.7. The second-order valence-electron chi connectivity index (χ2n) is 6.51. The number of anilines is 1. The minimum Gasteiger partial charge on any atom is -0.486 e. The quantitative estimate of drug-likeness (QED) is 0.391. The fourth-order valence-corrected chi connectivity index (χ4v) is 3.56. The van der Waals surface area contributed by atoms with E-state index in [1.165, 1.54) is 30.0 Å². The van der Waals surface area contributed by atoms with E-state index < -0.39 is 5.82 Å². The number of furan rings is 1. The van der Waals surface area contributed by atoms with Crippen LogP contribution in [0.3, 0.4) is 0 Å². The second-order valence-corrected chi connectivity index (χ2v) is 7.46. The Bertz CT molecular complexity index is 1130. The van der Waals surface area contributed by atoms with E-state index in [1.54, 1.807) is 18.4 Å². The van der Waals surface area contributed by atoms with Crippen LogP contribution in [0.5, 0.6) is 5.75 Å². The average molecular weight is 438 g/mol. The molecule has 0 saturated carbocycles. The van der Waals surface area contributed by atoms with Crippen LogP contribution < -0.4 is 10.1 Å². The van der Waals surface area contributed by atoms with Gasteiger partial charge in [0.25, 0.3) is 0 Å². The maximum absolute atomic E-state index is 13.3. The lowest BCUT2D eigenvalue weighted by Crippen LogP contribution is -2.15. The van der Waals surface area contributed by atoms with Gasteiger partial charge >= 0.3 is 0 Å². The van der Waals surface area contributed by atoms with Crippen LogP contribution in [0.25, 0.3) is 0 Å². The van der Waals surface area contributed by atoms with E-state index in [-0.39, 0.29) is 18.3 Å². The molecule has 0 aliphatic rings. The van der Waals surface area contributed by atoms with Crippen molar-refractivity contribution < 1.29 is 18.3 Å². The number of rotatable bonds is 9. The van der Waals surface area contributed by atoms with E-state index in [0.717, 1.165) is 11.5 Å². The van der Waals surface area contributed by atoms with E-state index in [1.807, 2.05) is 41.0 Å². The summed E-state index contributed by atoms with van der Waals surface area (Å²) in [5, 5.41) is 11.7. The number of thioether (sulfide) groups is 1. The molecule has 4 aromatic rings. The second kappa shape index (κ2) is 9.94. The summed E-state index contributed by atoms with van der Waals surface area (Å²) in [6, 6.07) is 18.8. The van der Waals surface area contributed by atoms with Gasteiger partial charge in [-0.25, -0.2) is 4.39 Å². The van der Waals surface area contributed by atoms with Crippen LogP contribution in [0.2, 0.25) is 0 Å². The molecule has 1 amide bonds. The van der Waals surface area contributed by atoms with Crippen LogP contribution in [-0.2, 0) is 17.9 Å². The summed E-state index contributed by atoms with van der Waals surface area (Å²) in [6.45, 7) is 0.620. The lowest BCUT2D eigenvalue weighted by atomic mass is 10.3. The molecule has 0 unspecified atom stereocenters. The molecule has 0 saturated heterocycles. The van der Waals surface area contributed by atoms with Crippen LogP contribution in [0.15, 0.2) is 82.6 Å². The minimum absolute atomic E-state index is 0.0896. The molecule has 31 heavy (non-hydrogen) atoms. The number of aromatic nitrogens is 3. The lowest BCUT2D eigenvalue weighted by molar-refractivity contribution is -0.113. The maximum Gasteiger partial charge on any atom is 0.234 e. The standard InChI is InChI=1S/C22H19FN4O3S/c23-16-6-4-7-17(12-16)24-21(28)15-31-22-26-25-20(14-30-18-8-2-1-3-9-18)27(22)13-19-10-5-11-29-19/h1-12H,13-15H2,(H,24,28). The summed E-state index contributed by atoms with van der Waals surface area (Å²) in [4.78, 5) is 12.3.